The van der Waals surface area contributed by atoms with Crippen LogP contribution in [0, 0.1) is 11.3 Å². The topological polar surface area (TPSA) is 94.4 Å². The highest BCUT2D eigenvalue weighted by Crippen LogP contribution is 2.08. The van der Waals surface area contributed by atoms with E-state index in [1.54, 1.807) is 6.07 Å². The van der Waals surface area contributed by atoms with Gasteiger partial charge >= 0.3 is 0 Å². The SMILES string of the molecule is CC(O)=C(C#N)C(=O)NCCCCCC1CNCCO1. The van der Waals surface area contributed by atoms with Gasteiger partial charge in [0.15, 0.2) is 5.57 Å². The molecule has 1 heterocycles. The number of nitrogens with zero attached hydrogens (tertiary/aromatic N) is 1. The highest BCUT2D eigenvalue weighted by molar-refractivity contribution is 5.97. The van der Waals surface area contributed by atoms with Crippen LogP contribution in [0.25, 0.3) is 0 Å². The zero-order valence-electron chi connectivity index (χ0n) is 11.9. The Labute approximate surface area is 119 Å². The molecule has 1 atom stereocenters. The number of aliphatic hydroxyl groups excluding tert-OH is 1. The number of unbranched alkanes of at least 4 members (excludes halogenated alkanes) is 2. The molecule has 0 radical (unpaired) electrons. The second kappa shape index (κ2) is 9.34. The van der Waals surface area contributed by atoms with E-state index in [-0.39, 0.29) is 11.3 Å². The van der Waals surface area contributed by atoms with Crippen LogP contribution in [-0.4, -0.2) is 43.4 Å². The molecule has 1 aliphatic rings. The van der Waals surface area contributed by atoms with Gasteiger partial charge in [0, 0.05) is 19.6 Å². The third-order valence-electron chi connectivity index (χ3n) is 3.19. The van der Waals surface area contributed by atoms with Gasteiger partial charge in [-0.15, -0.1) is 0 Å². The van der Waals surface area contributed by atoms with Crippen LogP contribution in [0.3, 0.4) is 0 Å². The van der Waals surface area contributed by atoms with Crippen molar-refractivity contribution in [3.63, 3.8) is 0 Å². The fraction of sp³-hybridized carbons (Fsp3) is 0.714. The first-order chi connectivity index (χ1) is 9.65. The number of hydrogen-bond donors (Lipinski definition) is 3. The summed E-state index contributed by atoms with van der Waals surface area (Å²) in [5, 5.41) is 23.8. The van der Waals surface area contributed by atoms with Crippen LogP contribution in [0.2, 0.25) is 0 Å². The number of carbonyl (C=O) groups is 1. The van der Waals surface area contributed by atoms with Crippen molar-refractivity contribution in [1.29, 1.82) is 5.26 Å². The molecular weight excluding hydrogens is 258 g/mol. The van der Waals surface area contributed by atoms with Crippen LogP contribution in [0.4, 0.5) is 0 Å². The van der Waals surface area contributed by atoms with Gasteiger partial charge in [-0.1, -0.05) is 12.8 Å². The molecule has 20 heavy (non-hydrogen) atoms. The molecule has 0 aliphatic carbocycles. The Balaban J connectivity index is 2.06. The van der Waals surface area contributed by atoms with Crippen molar-refractivity contribution in [2.24, 2.45) is 0 Å². The second-order valence-corrected chi connectivity index (χ2v) is 4.87. The number of allylic oxidation sites excluding steroid dienone is 1. The van der Waals surface area contributed by atoms with Crippen molar-refractivity contribution in [3.05, 3.63) is 11.3 Å². The number of ether oxygens (including phenoxy) is 1. The molecule has 3 N–H and O–H groups in total. The van der Waals surface area contributed by atoms with Crippen molar-refractivity contribution in [2.45, 2.75) is 38.7 Å². The molecule has 1 amide bonds. The Hall–Kier alpha value is -1.58. The van der Waals surface area contributed by atoms with Crippen LogP contribution >= 0.6 is 0 Å². The Morgan fingerprint density at radius 1 is 1.50 bits per heavy atom. The molecule has 6 nitrogen and oxygen atoms in total. The fourth-order valence-electron chi connectivity index (χ4n) is 2.07. The van der Waals surface area contributed by atoms with Gasteiger partial charge in [-0.05, 0) is 19.8 Å². The normalized spacial score (nSPS) is 19.9. The van der Waals surface area contributed by atoms with Crippen molar-refractivity contribution < 1.29 is 14.6 Å². The highest BCUT2D eigenvalue weighted by Gasteiger charge is 2.13. The summed E-state index contributed by atoms with van der Waals surface area (Å²) in [5.41, 5.74) is -0.216. The quantitative estimate of drug-likeness (QED) is 0.280. The van der Waals surface area contributed by atoms with Crippen LogP contribution < -0.4 is 10.6 Å². The number of rotatable bonds is 7. The van der Waals surface area contributed by atoms with Crippen LogP contribution in [-0.2, 0) is 9.53 Å². The summed E-state index contributed by atoms with van der Waals surface area (Å²) >= 11 is 0. The lowest BCUT2D eigenvalue weighted by atomic mass is 10.1. The number of morpholine rings is 1. The number of hydrogen-bond acceptors (Lipinski definition) is 5. The van der Waals surface area contributed by atoms with Crippen LogP contribution in [0.5, 0.6) is 0 Å². The highest BCUT2D eigenvalue weighted by atomic mass is 16.5. The maximum atomic E-state index is 11.5. The zero-order chi connectivity index (χ0) is 14.8. The van der Waals surface area contributed by atoms with E-state index in [1.807, 2.05) is 0 Å². The van der Waals surface area contributed by atoms with E-state index in [0.29, 0.717) is 12.6 Å². The predicted octanol–water partition coefficient (Wildman–Crippen LogP) is 1.01. The fourth-order valence-corrected chi connectivity index (χ4v) is 2.07. The monoisotopic (exact) mass is 281 g/mol. The summed E-state index contributed by atoms with van der Waals surface area (Å²) < 4.78 is 5.59. The lowest BCUT2D eigenvalue weighted by molar-refractivity contribution is -0.117. The maximum Gasteiger partial charge on any atom is 0.265 e. The van der Waals surface area contributed by atoms with Gasteiger partial charge in [0.2, 0.25) is 0 Å². The average molecular weight is 281 g/mol. The van der Waals surface area contributed by atoms with Gasteiger partial charge < -0.3 is 20.5 Å². The summed E-state index contributed by atoms with van der Waals surface area (Å²) in [6.07, 6.45) is 4.25. The molecule has 6 heteroatoms. The van der Waals surface area contributed by atoms with Gasteiger partial charge in [-0.25, -0.2) is 0 Å². The molecule has 1 rings (SSSR count). The van der Waals surface area contributed by atoms with Gasteiger partial charge in [-0.3, -0.25) is 4.79 Å². The summed E-state index contributed by atoms with van der Waals surface area (Å²) in [7, 11) is 0. The molecule has 0 bridgehead atoms. The third kappa shape index (κ3) is 6.04. The number of carbonyl (C=O) groups excluding carboxylic acids is 1. The number of nitriles is 1. The van der Waals surface area contributed by atoms with E-state index < -0.39 is 5.91 Å². The van der Waals surface area contributed by atoms with E-state index in [2.05, 4.69) is 10.6 Å². The average Bonchev–Trinajstić information content (AvgIpc) is 2.44. The zero-order valence-corrected chi connectivity index (χ0v) is 11.9. The molecule has 0 aromatic carbocycles. The van der Waals surface area contributed by atoms with E-state index in [9.17, 15) is 4.79 Å². The minimum absolute atomic E-state index is 0.216. The first kappa shape index (κ1) is 16.5. The van der Waals surface area contributed by atoms with E-state index in [0.717, 1.165) is 45.4 Å². The second-order valence-electron chi connectivity index (χ2n) is 4.87. The van der Waals surface area contributed by atoms with E-state index in [1.165, 1.54) is 6.92 Å². The minimum atomic E-state index is -0.507. The maximum absolute atomic E-state index is 11.5. The summed E-state index contributed by atoms with van der Waals surface area (Å²) in [5.74, 6) is -0.751. The lowest BCUT2D eigenvalue weighted by Crippen LogP contribution is -2.38. The standard InChI is InChI=1S/C14H23N3O3/c1-11(18)13(9-15)14(19)17-6-4-2-3-5-12-10-16-7-8-20-12/h12,16,18H,2-8,10H2,1H3,(H,17,19). The molecule has 0 aromatic heterocycles. The van der Waals surface area contributed by atoms with Crippen molar-refractivity contribution >= 4 is 5.91 Å². The van der Waals surface area contributed by atoms with Crippen molar-refractivity contribution in [1.82, 2.24) is 10.6 Å². The molecule has 1 aliphatic heterocycles. The Bertz CT molecular complexity index is 378. The van der Waals surface area contributed by atoms with E-state index in [4.69, 9.17) is 15.1 Å². The first-order valence-electron chi connectivity index (χ1n) is 7.05. The smallest absolute Gasteiger partial charge is 0.265 e. The Morgan fingerprint density at radius 2 is 2.30 bits per heavy atom. The lowest BCUT2D eigenvalue weighted by Gasteiger charge is -2.23. The molecule has 112 valence electrons. The third-order valence-corrected chi connectivity index (χ3v) is 3.19. The molecule has 0 spiro atoms. The Kier molecular flexibility index (Phi) is 7.70. The van der Waals surface area contributed by atoms with Gasteiger partial charge in [-0.2, -0.15) is 5.26 Å². The van der Waals surface area contributed by atoms with Gasteiger partial charge in [0.1, 0.15) is 11.8 Å². The molecule has 1 saturated heterocycles. The van der Waals surface area contributed by atoms with Crippen LogP contribution in [0.15, 0.2) is 11.3 Å². The van der Waals surface area contributed by atoms with Crippen molar-refractivity contribution in [3.8, 4) is 6.07 Å². The van der Waals surface area contributed by atoms with E-state index >= 15 is 0 Å². The molecule has 0 saturated carbocycles. The van der Waals surface area contributed by atoms with Crippen LogP contribution in [0.1, 0.15) is 32.6 Å². The summed E-state index contributed by atoms with van der Waals surface area (Å²) in [6.45, 7) is 4.48. The Morgan fingerprint density at radius 3 is 2.90 bits per heavy atom. The molecule has 1 fully saturated rings. The van der Waals surface area contributed by atoms with Gasteiger partial charge in [0.05, 0.1) is 12.7 Å². The number of aliphatic hydroxyl groups is 1. The van der Waals surface area contributed by atoms with Crippen molar-refractivity contribution in [2.75, 3.05) is 26.2 Å². The van der Waals surface area contributed by atoms with Gasteiger partial charge in [0.25, 0.3) is 5.91 Å². The summed E-state index contributed by atoms with van der Waals surface area (Å²) in [4.78, 5) is 11.5. The molecule has 0 aromatic rings. The first-order valence-corrected chi connectivity index (χ1v) is 7.05. The molecular formula is C14H23N3O3. The largest absolute Gasteiger partial charge is 0.511 e. The minimum Gasteiger partial charge on any atom is -0.511 e. The molecule has 1 unspecified atom stereocenters. The number of nitrogens with one attached hydrogen (secondary N) is 2. The number of amides is 1. The predicted molar refractivity (Wildman–Crippen MR) is 75.0 cm³/mol. The summed E-state index contributed by atoms with van der Waals surface area (Å²) in [6, 6.07) is 1.69.